The van der Waals surface area contributed by atoms with E-state index in [0.717, 1.165) is 68.0 Å². The first kappa shape index (κ1) is 32.2. The van der Waals surface area contributed by atoms with Gasteiger partial charge in [0.1, 0.15) is 17.4 Å². The molecular formula is C32H30F4N6O2S. The lowest BCUT2D eigenvalue weighted by Gasteiger charge is -2.33. The molecule has 2 aliphatic rings. The van der Waals surface area contributed by atoms with Gasteiger partial charge in [-0.1, -0.05) is 24.3 Å². The molecule has 0 N–H and O–H groups in total. The summed E-state index contributed by atoms with van der Waals surface area (Å²) >= 11 is 5.51. The van der Waals surface area contributed by atoms with Gasteiger partial charge in [0, 0.05) is 38.3 Å². The third-order valence-corrected chi connectivity index (χ3v) is 8.57. The smallest absolute Gasteiger partial charge is 0.302 e. The fourth-order valence-corrected chi connectivity index (χ4v) is 6.18. The molecule has 0 radical (unpaired) electrons. The van der Waals surface area contributed by atoms with Crippen LogP contribution in [0.15, 0.2) is 54.7 Å². The minimum Gasteiger partial charge on any atom is -0.302 e. The van der Waals surface area contributed by atoms with Crippen LogP contribution in [-0.2, 0) is 22.2 Å². The molecule has 2 fully saturated rings. The van der Waals surface area contributed by atoms with Gasteiger partial charge in [0.25, 0.3) is 5.91 Å². The number of alkyl halides is 3. The molecule has 2 saturated heterocycles. The molecule has 0 aliphatic carbocycles. The summed E-state index contributed by atoms with van der Waals surface area (Å²) in [4.78, 5) is 35.4. The standard InChI is InChI=1S/C32H30F4N6O2S/c1-31(2)29(44)41(26-10-7-23(19-37)27(28(26)33)32(34,35)36)30(45)42(31)24-8-9-25(38-20-24)22-5-3-21(4-6-22)11-12-39-13-15-40(16-14-39)17-18-43/h3-10,18,20H,11-17H2,1-2H3. The van der Waals surface area contributed by atoms with Gasteiger partial charge in [0.15, 0.2) is 10.9 Å². The first-order valence-electron chi connectivity index (χ1n) is 14.3. The molecule has 8 nitrogen and oxygen atoms in total. The van der Waals surface area contributed by atoms with Crippen molar-refractivity contribution in [3.63, 3.8) is 0 Å². The number of nitriles is 1. The predicted molar refractivity (Wildman–Crippen MR) is 165 cm³/mol. The van der Waals surface area contributed by atoms with Crippen molar-refractivity contribution in [2.75, 3.05) is 49.1 Å². The highest BCUT2D eigenvalue weighted by atomic mass is 32.1. The van der Waals surface area contributed by atoms with Crippen LogP contribution in [0.25, 0.3) is 11.3 Å². The van der Waals surface area contributed by atoms with Crippen molar-refractivity contribution in [1.82, 2.24) is 14.8 Å². The number of carbonyl (C=O) groups is 2. The van der Waals surface area contributed by atoms with Crippen molar-refractivity contribution in [2.24, 2.45) is 0 Å². The van der Waals surface area contributed by atoms with Crippen LogP contribution in [0.5, 0.6) is 0 Å². The van der Waals surface area contributed by atoms with Crippen LogP contribution in [-0.4, -0.2) is 76.9 Å². The van der Waals surface area contributed by atoms with Gasteiger partial charge in [0.2, 0.25) is 0 Å². The van der Waals surface area contributed by atoms with Gasteiger partial charge < -0.3 is 14.6 Å². The van der Waals surface area contributed by atoms with Crippen LogP contribution in [0.1, 0.15) is 30.5 Å². The molecule has 45 heavy (non-hydrogen) atoms. The van der Waals surface area contributed by atoms with Crippen molar-refractivity contribution in [3.8, 4) is 17.3 Å². The van der Waals surface area contributed by atoms with Gasteiger partial charge in [-0.2, -0.15) is 18.4 Å². The Bertz CT molecular complexity index is 1650. The maximum Gasteiger partial charge on any atom is 0.420 e. The Balaban J connectivity index is 1.31. The number of hydrogen-bond donors (Lipinski definition) is 0. The number of aromatic nitrogens is 1. The van der Waals surface area contributed by atoms with Crippen molar-refractivity contribution in [2.45, 2.75) is 32.0 Å². The number of rotatable bonds is 8. The molecule has 0 atom stereocenters. The number of benzene rings is 2. The zero-order valence-electron chi connectivity index (χ0n) is 24.6. The number of nitrogens with zero attached hydrogens (tertiary/aromatic N) is 6. The van der Waals surface area contributed by atoms with E-state index in [-0.39, 0.29) is 5.11 Å². The van der Waals surface area contributed by atoms with E-state index in [1.165, 1.54) is 36.6 Å². The minimum atomic E-state index is -5.16. The molecule has 1 aromatic heterocycles. The van der Waals surface area contributed by atoms with Crippen molar-refractivity contribution < 1.29 is 27.2 Å². The molecular weight excluding hydrogens is 608 g/mol. The number of pyridine rings is 1. The zero-order valence-corrected chi connectivity index (χ0v) is 25.5. The zero-order chi connectivity index (χ0) is 32.5. The number of amides is 1. The number of thiocarbonyl (C=S) groups is 1. The fourth-order valence-electron chi connectivity index (χ4n) is 5.67. The third kappa shape index (κ3) is 6.31. The monoisotopic (exact) mass is 638 g/mol. The predicted octanol–water partition coefficient (Wildman–Crippen LogP) is 5.05. The fraction of sp³-hybridized carbons (Fsp3) is 0.344. The van der Waals surface area contributed by atoms with E-state index >= 15 is 4.39 Å². The lowest BCUT2D eigenvalue weighted by molar-refractivity contribution is -0.140. The quantitative estimate of drug-likeness (QED) is 0.193. The van der Waals surface area contributed by atoms with Crippen LogP contribution in [0.3, 0.4) is 0 Å². The van der Waals surface area contributed by atoms with Gasteiger partial charge in [-0.3, -0.25) is 19.6 Å². The van der Waals surface area contributed by atoms with E-state index in [9.17, 15) is 22.8 Å². The normalized spacial score (nSPS) is 17.5. The molecule has 0 unspecified atom stereocenters. The van der Waals surface area contributed by atoms with Gasteiger partial charge in [-0.15, -0.1) is 0 Å². The Labute approximate surface area is 263 Å². The van der Waals surface area contributed by atoms with Crippen molar-refractivity contribution >= 4 is 40.9 Å². The second-order valence-corrected chi connectivity index (χ2v) is 11.8. The van der Waals surface area contributed by atoms with Gasteiger partial charge in [0.05, 0.1) is 41.4 Å². The minimum absolute atomic E-state index is 0.217. The Morgan fingerprint density at radius 3 is 2.27 bits per heavy atom. The van der Waals surface area contributed by atoms with Crippen LogP contribution < -0.4 is 9.80 Å². The van der Waals surface area contributed by atoms with E-state index in [0.29, 0.717) is 17.9 Å². The molecule has 0 bridgehead atoms. The molecule has 1 amide bonds. The van der Waals surface area contributed by atoms with E-state index in [4.69, 9.17) is 17.5 Å². The lowest BCUT2D eigenvalue weighted by Crippen LogP contribution is -2.47. The SMILES string of the molecule is CC1(C)C(=O)N(c2ccc(C#N)c(C(F)(F)F)c2F)C(=S)N1c1ccc(-c2ccc(CCN3CCN(CC=O)CC3)cc2)nc1. The Kier molecular flexibility index (Phi) is 9.02. The molecule has 0 spiro atoms. The van der Waals surface area contributed by atoms with E-state index in [2.05, 4.69) is 14.8 Å². The van der Waals surface area contributed by atoms with E-state index in [1.54, 1.807) is 12.1 Å². The second kappa shape index (κ2) is 12.6. The summed E-state index contributed by atoms with van der Waals surface area (Å²) in [7, 11) is 0. The van der Waals surface area contributed by atoms with Gasteiger partial charge in [-0.25, -0.2) is 4.39 Å². The Morgan fingerprint density at radius 2 is 1.69 bits per heavy atom. The van der Waals surface area contributed by atoms with Gasteiger partial charge >= 0.3 is 6.18 Å². The van der Waals surface area contributed by atoms with Crippen LogP contribution in [0.4, 0.5) is 28.9 Å². The summed E-state index contributed by atoms with van der Waals surface area (Å²) in [5.41, 5.74) is -1.59. The van der Waals surface area contributed by atoms with Gasteiger partial charge in [-0.05, 0) is 62.3 Å². The average molecular weight is 639 g/mol. The van der Waals surface area contributed by atoms with Crippen LogP contribution in [0, 0.1) is 17.1 Å². The van der Waals surface area contributed by atoms with Crippen LogP contribution in [0.2, 0.25) is 0 Å². The first-order valence-corrected chi connectivity index (χ1v) is 14.7. The van der Waals surface area contributed by atoms with Crippen LogP contribution >= 0.6 is 12.2 Å². The lowest BCUT2D eigenvalue weighted by atomic mass is 10.0. The largest absolute Gasteiger partial charge is 0.420 e. The number of hydrogen-bond acceptors (Lipinski definition) is 7. The highest BCUT2D eigenvalue weighted by Crippen LogP contribution is 2.42. The maximum atomic E-state index is 15.3. The molecule has 3 heterocycles. The summed E-state index contributed by atoms with van der Waals surface area (Å²) in [5.74, 6) is -2.48. The molecule has 0 saturated carbocycles. The first-order chi connectivity index (χ1) is 21.4. The van der Waals surface area contributed by atoms with Crippen molar-refractivity contribution in [3.05, 3.63) is 77.2 Å². The summed E-state index contributed by atoms with van der Waals surface area (Å²) in [6, 6.07) is 14.6. The van der Waals surface area contributed by atoms with E-state index in [1.807, 2.05) is 24.3 Å². The number of halogens is 4. The summed E-state index contributed by atoms with van der Waals surface area (Å²) in [6.07, 6.45) is -1.82. The summed E-state index contributed by atoms with van der Waals surface area (Å²) in [6.45, 7) is 8.10. The van der Waals surface area contributed by atoms with E-state index < -0.39 is 40.3 Å². The molecule has 5 rings (SSSR count). The third-order valence-electron chi connectivity index (χ3n) is 8.20. The Hall–Kier alpha value is -4.25. The number of anilines is 2. The maximum absolute atomic E-state index is 15.3. The highest BCUT2D eigenvalue weighted by molar-refractivity contribution is 7.81. The Morgan fingerprint density at radius 1 is 1.02 bits per heavy atom. The topological polar surface area (TPSA) is 83.8 Å². The molecule has 2 aromatic carbocycles. The number of aldehydes is 1. The highest BCUT2D eigenvalue weighted by Gasteiger charge is 2.52. The van der Waals surface area contributed by atoms with Crippen molar-refractivity contribution in [1.29, 1.82) is 5.26 Å². The molecule has 234 valence electrons. The molecule has 13 heteroatoms. The average Bonchev–Trinajstić information content (AvgIpc) is 3.19. The summed E-state index contributed by atoms with van der Waals surface area (Å²) < 4.78 is 56.2. The number of piperazine rings is 1. The molecule has 2 aliphatic heterocycles. The second-order valence-electron chi connectivity index (χ2n) is 11.4. The number of carbonyl (C=O) groups excluding carboxylic acids is 2. The molecule has 3 aromatic rings. The summed E-state index contributed by atoms with van der Waals surface area (Å²) in [5, 5.41) is 8.89.